The Kier molecular flexibility index (Phi) is 5.22. The number of carbonyl (C=O) groups excluding carboxylic acids is 2. The van der Waals surface area contributed by atoms with Gasteiger partial charge in [-0.3, -0.25) is 10.1 Å². The van der Waals surface area contributed by atoms with E-state index in [0.717, 1.165) is 4.90 Å². The molecule has 1 aliphatic heterocycles. The van der Waals surface area contributed by atoms with Crippen molar-refractivity contribution < 1.29 is 9.59 Å². The maximum Gasteiger partial charge on any atom is 0.343 e. The van der Waals surface area contributed by atoms with Crippen molar-refractivity contribution in [2.45, 2.75) is 9.79 Å². The van der Waals surface area contributed by atoms with E-state index in [4.69, 9.17) is 34.8 Å². The number of amides is 3. The van der Waals surface area contributed by atoms with E-state index >= 15 is 0 Å². The minimum Gasteiger partial charge on any atom is -0.275 e. The third kappa shape index (κ3) is 3.79. The average molecular weight is 403 g/mol. The van der Waals surface area contributed by atoms with Gasteiger partial charge in [-0.1, -0.05) is 46.6 Å². The molecule has 3 amide bonds. The summed E-state index contributed by atoms with van der Waals surface area (Å²) < 4.78 is 0. The fraction of sp³-hybridized carbons (Fsp3) is 0.0667. The van der Waals surface area contributed by atoms with Crippen molar-refractivity contribution in [2.75, 3.05) is 11.6 Å². The lowest BCUT2D eigenvalue weighted by molar-refractivity contribution is -0.119. The van der Waals surface area contributed by atoms with Crippen LogP contribution in [0.2, 0.25) is 15.1 Å². The second-order valence-electron chi connectivity index (χ2n) is 4.82. The van der Waals surface area contributed by atoms with Crippen molar-refractivity contribution in [3.63, 3.8) is 0 Å². The summed E-state index contributed by atoms with van der Waals surface area (Å²) in [6, 6.07) is 9.90. The number of rotatable bonds is 3. The molecule has 0 spiro atoms. The van der Waals surface area contributed by atoms with Crippen molar-refractivity contribution >= 4 is 64.2 Å². The van der Waals surface area contributed by atoms with Crippen LogP contribution in [0.3, 0.4) is 0 Å². The third-order valence-corrected chi connectivity index (χ3v) is 5.35. The van der Waals surface area contributed by atoms with Crippen LogP contribution >= 0.6 is 46.6 Å². The molecule has 0 aromatic heterocycles. The van der Waals surface area contributed by atoms with Crippen LogP contribution in [0.1, 0.15) is 0 Å². The normalized spacial score (nSPS) is 14.7. The van der Waals surface area contributed by atoms with Gasteiger partial charge in [0.15, 0.2) is 0 Å². The van der Waals surface area contributed by atoms with Crippen LogP contribution < -0.4 is 15.8 Å². The van der Waals surface area contributed by atoms with Gasteiger partial charge in [0.05, 0.1) is 22.3 Å². The van der Waals surface area contributed by atoms with E-state index in [1.165, 1.54) is 16.8 Å². The van der Waals surface area contributed by atoms with Gasteiger partial charge in [0.2, 0.25) is 5.91 Å². The minimum atomic E-state index is -0.587. The van der Waals surface area contributed by atoms with Gasteiger partial charge in [-0.15, -0.1) is 0 Å². The fourth-order valence-electron chi connectivity index (χ4n) is 2.04. The molecule has 0 bridgehead atoms. The molecule has 124 valence electrons. The molecular weight excluding hydrogens is 393 g/mol. The molecule has 1 saturated heterocycles. The van der Waals surface area contributed by atoms with E-state index < -0.39 is 11.9 Å². The van der Waals surface area contributed by atoms with Crippen molar-refractivity contribution in [2.24, 2.45) is 0 Å². The van der Waals surface area contributed by atoms with Gasteiger partial charge in [0.1, 0.15) is 0 Å². The Morgan fingerprint density at radius 3 is 2.21 bits per heavy atom. The molecule has 2 aromatic carbocycles. The number of anilines is 1. The zero-order valence-corrected chi connectivity index (χ0v) is 15.1. The summed E-state index contributed by atoms with van der Waals surface area (Å²) in [5, 5.41) is 4.83. The van der Waals surface area contributed by atoms with Crippen LogP contribution in [0, 0.1) is 0 Å². The second kappa shape index (κ2) is 7.21. The highest BCUT2D eigenvalue weighted by Gasteiger charge is 2.25. The molecule has 0 saturated carbocycles. The van der Waals surface area contributed by atoms with E-state index in [9.17, 15) is 9.59 Å². The van der Waals surface area contributed by atoms with Gasteiger partial charge >= 0.3 is 6.03 Å². The Bertz CT molecular complexity index is 791. The third-order valence-electron chi connectivity index (χ3n) is 3.12. The summed E-state index contributed by atoms with van der Waals surface area (Å²) in [6.45, 7) is -0.0117. The highest BCUT2D eigenvalue weighted by molar-refractivity contribution is 7.99. The van der Waals surface area contributed by atoms with Crippen LogP contribution in [0.5, 0.6) is 0 Å². The summed E-state index contributed by atoms with van der Waals surface area (Å²) in [6.07, 6.45) is 0. The molecule has 0 unspecified atom stereocenters. The van der Waals surface area contributed by atoms with Gasteiger partial charge in [0, 0.05) is 14.8 Å². The molecule has 3 rings (SSSR count). The lowest BCUT2D eigenvalue weighted by Gasteiger charge is -2.27. The Balaban J connectivity index is 1.87. The summed E-state index contributed by atoms with van der Waals surface area (Å²) in [5.41, 5.74) is 3.14. The molecule has 5 nitrogen and oxygen atoms in total. The summed E-state index contributed by atoms with van der Waals surface area (Å²) in [7, 11) is 0. The predicted molar refractivity (Wildman–Crippen MR) is 96.1 cm³/mol. The highest BCUT2D eigenvalue weighted by Crippen LogP contribution is 2.41. The summed E-state index contributed by atoms with van der Waals surface area (Å²) >= 11 is 19.9. The highest BCUT2D eigenvalue weighted by atomic mass is 35.5. The van der Waals surface area contributed by atoms with Crippen LogP contribution in [0.4, 0.5) is 10.5 Å². The molecular formula is C15H10Cl3N3O2S. The largest absolute Gasteiger partial charge is 0.343 e. The maximum atomic E-state index is 11.9. The molecule has 1 fully saturated rings. The van der Waals surface area contributed by atoms with E-state index in [1.54, 1.807) is 24.3 Å². The first-order valence-electron chi connectivity index (χ1n) is 6.74. The first-order valence-corrected chi connectivity index (χ1v) is 8.69. The number of hydrogen-bond donors (Lipinski definition) is 2. The van der Waals surface area contributed by atoms with Gasteiger partial charge in [-0.05, 0) is 36.4 Å². The quantitative estimate of drug-likeness (QED) is 0.801. The van der Waals surface area contributed by atoms with E-state index in [-0.39, 0.29) is 6.54 Å². The first kappa shape index (κ1) is 17.4. The van der Waals surface area contributed by atoms with Crippen molar-refractivity contribution in [1.82, 2.24) is 10.7 Å². The van der Waals surface area contributed by atoms with Crippen molar-refractivity contribution in [3.8, 4) is 0 Å². The van der Waals surface area contributed by atoms with Crippen LogP contribution in [0.15, 0.2) is 46.2 Å². The first-order chi connectivity index (χ1) is 11.4. The summed E-state index contributed by atoms with van der Waals surface area (Å²) in [4.78, 5) is 24.6. The Morgan fingerprint density at radius 2 is 1.62 bits per heavy atom. The number of imide groups is 1. The van der Waals surface area contributed by atoms with E-state index in [0.29, 0.717) is 25.7 Å². The smallest absolute Gasteiger partial charge is 0.275 e. The SMILES string of the molecule is O=C1CNN(c2cc(Cl)c(Sc3ccc(Cl)cc3)c(Cl)c2)C(=O)N1. The fourth-order valence-corrected chi connectivity index (χ4v) is 3.70. The Hall–Kier alpha value is -1.44. The monoisotopic (exact) mass is 401 g/mol. The van der Waals surface area contributed by atoms with Crippen LogP contribution in [-0.2, 0) is 4.79 Å². The van der Waals surface area contributed by atoms with E-state index in [1.807, 2.05) is 12.1 Å². The standard InChI is InChI=1S/C15H10Cl3N3O2S/c16-8-1-3-10(4-2-8)24-14-11(17)5-9(6-12(14)18)21-15(23)20-13(22)7-19-21/h1-6,19H,7H2,(H,20,22,23). The molecule has 9 heteroatoms. The number of halogens is 3. The van der Waals surface area contributed by atoms with Gasteiger partial charge < -0.3 is 0 Å². The van der Waals surface area contributed by atoms with Crippen LogP contribution in [-0.4, -0.2) is 18.5 Å². The lowest BCUT2D eigenvalue weighted by Crippen LogP contribution is -2.59. The van der Waals surface area contributed by atoms with Gasteiger partial charge in [0.25, 0.3) is 0 Å². The molecule has 24 heavy (non-hydrogen) atoms. The number of nitrogens with zero attached hydrogens (tertiary/aromatic N) is 1. The Labute approximate surface area is 157 Å². The van der Waals surface area contributed by atoms with Crippen molar-refractivity contribution in [3.05, 3.63) is 51.5 Å². The minimum absolute atomic E-state index is 0.0117. The van der Waals surface area contributed by atoms with E-state index in [2.05, 4.69) is 10.7 Å². The average Bonchev–Trinajstić information content (AvgIpc) is 2.52. The molecule has 0 aliphatic carbocycles. The Morgan fingerprint density at radius 1 is 1.00 bits per heavy atom. The number of urea groups is 1. The molecule has 0 radical (unpaired) electrons. The molecule has 2 aromatic rings. The number of benzene rings is 2. The second-order valence-corrected chi connectivity index (χ2v) is 7.15. The molecule has 1 heterocycles. The number of nitrogens with one attached hydrogen (secondary N) is 2. The molecule has 0 atom stereocenters. The zero-order valence-electron chi connectivity index (χ0n) is 12.0. The zero-order chi connectivity index (χ0) is 17.3. The maximum absolute atomic E-state index is 11.9. The van der Waals surface area contributed by atoms with Gasteiger partial charge in [-0.2, -0.15) is 0 Å². The van der Waals surface area contributed by atoms with Gasteiger partial charge in [-0.25, -0.2) is 15.2 Å². The number of carbonyl (C=O) groups is 2. The summed E-state index contributed by atoms with van der Waals surface area (Å²) in [5.74, 6) is -0.400. The topological polar surface area (TPSA) is 61.4 Å². The van der Waals surface area contributed by atoms with Crippen LogP contribution in [0.25, 0.3) is 0 Å². The molecule has 1 aliphatic rings. The molecule has 2 N–H and O–H groups in total. The predicted octanol–water partition coefficient (Wildman–Crippen LogP) is 4.36. The number of hydrogen-bond acceptors (Lipinski definition) is 4. The lowest BCUT2D eigenvalue weighted by atomic mass is 10.3. The number of hydrazine groups is 1. The van der Waals surface area contributed by atoms with Crippen molar-refractivity contribution in [1.29, 1.82) is 0 Å².